The van der Waals surface area contributed by atoms with Crippen LogP contribution in [0.4, 0.5) is 93.5 Å². The van der Waals surface area contributed by atoms with Crippen molar-refractivity contribution in [1.82, 2.24) is 0 Å². The second-order valence-electron chi connectivity index (χ2n) is 23.4. The summed E-state index contributed by atoms with van der Waals surface area (Å²) in [6.07, 6.45) is 40.4. The summed E-state index contributed by atoms with van der Waals surface area (Å²) in [6.45, 7) is 5.89. The third-order valence-corrected chi connectivity index (χ3v) is 16.9. The molecule has 498 valence electrons. The van der Waals surface area contributed by atoms with Crippen LogP contribution in [-0.2, 0) is 6.42 Å². The van der Waals surface area contributed by atoms with Crippen molar-refractivity contribution >= 4 is 33.7 Å². The van der Waals surface area contributed by atoms with E-state index in [2.05, 4.69) is 45.2 Å². The Balaban J connectivity index is 0.000000381. The molecule has 1 nitrogen and oxygen atoms in total. The Morgan fingerprint density at radius 3 is 0.629 bits per heavy atom. The van der Waals surface area contributed by atoms with Crippen molar-refractivity contribution in [3.8, 4) is 0 Å². The summed E-state index contributed by atoms with van der Waals surface area (Å²) in [5, 5.41) is 0. The van der Waals surface area contributed by atoms with Crippen LogP contribution in [0.3, 0.4) is 0 Å². The third-order valence-electron chi connectivity index (χ3n) is 16.9. The maximum Gasteiger partial charge on any atom is 0.200 e. The standard InChI is InChI=1S/C43H81N.C24BF20/c1-4-6-8-10-12-14-16-18-20-22-24-26-28-30-32-34-36-42-37-39-43(40-38-42)44(3)41-35-33-31-29-27-25-23-21-19-17-15-13-11-9-7-5-2;26-5-1(6(27)14(35)21(42)13(5)34)25(2-7(28)15(36)22(43)16(37)8(2)29,3-9(30)17(38)23(44)18(39)10(3)31)4-11(32)19(40)24(45)20(41)12(4)33/h37-40H,4-36,41H2,1-3H3;/q;-1/p+1. The molecule has 0 heterocycles. The highest BCUT2D eigenvalue weighted by Gasteiger charge is 2.52. The number of hydrogen-bond donors (Lipinski definition) is 1. The van der Waals surface area contributed by atoms with E-state index < -0.39 is 144 Å². The zero-order valence-electron chi connectivity index (χ0n) is 51.0. The molecule has 1 N–H and O–H groups in total. The molecule has 0 aliphatic rings. The molecule has 5 aromatic rings. The molecule has 0 aliphatic heterocycles. The molecule has 5 aromatic carbocycles. The largest absolute Gasteiger partial charge is 0.305 e. The van der Waals surface area contributed by atoms with Gasteiger partial charge in [-0.15, -0.1) is 21.9 Å². The molecular formula is C67H82BF20N. The average Bonchev–Trinajstić information content (AvgIpc) is 0.688. The third kappa shape index (κ3) is 19.9. The molecule has 0 amide bonds. The van der Waals surface area contributed by atoms with Crippen LogP contribution < -0.4 is 26.8 Å². The fourth-order valence-electron chi connectivity index (χ4n) is 11.8. The van der Waals surface area contributed by atoms with Crippen molar-refractivity contribution in [2.75, 3.05) is 13.6 Å². The van der Waals surface area contributed by atoms with Gasteiger partial charge in [0.1, 0.15) is 58.4 Å². The summed E-state index contributed by atoms with van der Waals surface area (Å²) in [7, 11) is 2.36. The van der Waals surface area contributed by atoms with Gasteiger partial charge in [-0.3, -0.25) is 0 Å². The van der Waals surface area contributed by atoms with E-state index in [1.54, 1.807) is 4.90 Å². The van der Waals surface area contributed by atoms with E-state index in [9.17, 15) is 52.7 Å². The molecule has 5 rings (SSSR count). The summed E-state index contributed by atoms with van der Waals surface area (Å²) in [5.41, 5.74) is -11.3. The Morgan fingerprint density at radius 2 is 0.416 bits per heavy atom. The van der Waals surface area contributed by atoms with Crippen molar-refractivity contribution in [2.45, 2.75) is 226 Å². The van der Waals surface area contributed by atoms with Crippen molar-refractivity contribution in [3.05, 3.63) is 146 Å². The molecule has 0 bridgehead atoms. The topological polar surface area (TPSA) is 4.44 Å². The van der Waals surface area contributed by atoms with Crippen molar-refractivity contribution in [2.24, 2.45) is 0 Å². The minimum atomic E-state index is -7.22. The molecule has 0 radical (unpaired) electrons. The molecule has 1 unspecified atom stereocenters. The highest BCUT2D eigenvalue weighted by atomic mass is 19.2. The van der Waals surface area contributed by atoms with E-state index in [1.165, 1.54) is 230 Å². The fraction of sp³-hybridized carbons (Fsp3) is 0.552. The summed E-state index contributed by atoms with van der Waals surface area (Å²) in [5.74, 6) is -71.4. The summed E-state index contributed by atoms with van der Waals surface area (Å²) < 4.78 is 294. The van der Waals surface area contributed by atoms with Crippen molar-refractivity contribution < 1.29 is 92.7 Å². The van der Waals surface area contributed by atoms with Gasteiger partial charge >= 0.3 is 0 Å². The molecule has 0 saturated carbocycles. The monoisotopic (exact) mass is 1290 g/mol. The number of nitrogens with one attached hydrogen (secondary N) is 1. The maximum atomic E-state index is 15.4. The van der Waals surface area contributed by atoms with E-state index in [1.807, 2.05) is 0 Å². The quantitative estimate of drug-likeness (QED) is 0.0131. The van der Waals surface area contributed by atoms with Gasteiger partial charge in [0.15, 0.2) is 69.8 Å². The average molecular weight is 1290 g/mol. The molecule has 22 heteroatoms. The van der Waals surface area contributed by atoms with Crippen LogP contribution in [-0.4, -0.2) is 19.7 Å². The van der Waals surface area contributed by atoms with Crippen LogP contribution in [0.15, 0.2) is 24.3 Å². The lowest BCUT2D eigenvalue weighted by molar-refractivity contribution is -0.810. The predicted octanol–water partition coefficient (Wildman–Crippen LogP) is 19.7. The van der Waals surface area contributed by atoms with Gasteiger partial charge in [-0.1, -0.05) is 212 Å². The highest BCUT2D eigenvalue weighted by Crippen LogP contribution is 2.31. The van der Waals surface area contributed by atoms with Crippen LogP contribution in [0.2, 0.25) is 0 Å². The Morgan fingerprint density at radius 1 is 0.236 bits per heavy atom. The number of quaternary nitrogens is 1. The second-order valence-corrected chi connectivity index (χ2v) is 23.4. The van der Waals surface area contributed by atoms with Crippen molar-refractivity contribution in [3.63, 3.8) is 0 Å². The van der Waals surface area contributed by atoms with Gasteiger partial charge in [0.2, 0.25) is 0 Å². The molecule has 1 atom stereocenters. The van der Waals surface area contributed by atoms with Crippen LogP contribution in [0.5, 0.6) is 0 Å². The molecule has 89 heavy (non-hydrogen) atoms. The SMILES string of the molecule is CCCCCCCCCCCCCCCCCCc1ccc([NH+](C)CCCCCCCCCCCCCCCCCC)cc1.Fc1c(F)c(F)c([B-](c2c(F)c(F)c(F)c(F)c2F)(c2c(F)c(F)c(F)c(F)c2F)c2c(F)c(F)c(F)c(F)c2F)c(F)c1F. The minimum absolute atomic E-state index is 1.26. The van der Waals surface area contributed by atoms with E-state index in [4.69, 9.17) is 0 Å². The van der Waals surface area contributed by atoms with Crippen LogP contribution >= 0.6 is 0 Å². The van der Waals surface area contributed by atoms with Gasteiger partial charge in [-0.2, -0.15) is 0 Å². The van der Waals surface area contributed by atoms with E-state index in [0.29, 0.717) is 0 Å². The first kappa shape index (κ1) is 76.2. The number of rotatable bonds is 39. The summed E-state index contributed by atoms with van der Waals surface area (Å²) >= 11 is 0. The van der Waals surface area contributed by atoms with Gasteiger partial charge in [0, 0.05) is 0 Å². The van der Waals surface area contributed by atoms with Gasteiger partial charge in [0.05, 0.1) is 13.6 Å². The Hall–Kier alpha value is -5.28. The number of benzene rings is 5. The van der Waals surface area contributed by atoms with E-state index >= 15 is 35.1 Å². The van der Waals surface area contributed by atoms with Gasteiger partial charge < -0.3 is 4.90 Å². The lowest BCUT2D eigenvalue weighted by Crippen LogP contribution is -3.03. The smallest absolute Gasteiger partial charge is 0.200 e. The lowest BCUT2D eigenvalue weighted by atomic mass is 9.12. The lowest BCUT2D eigenvalue weighted by Gasteiger charge is -2.44. The first-order valence-corrected chi connectivity index (χ1v) is 31.6. The normalized spacial score (nSPS) is 12.1. The molecular weight excluding hydrogens is 1210 g/mol. The number of hydrogen-bond acceptors (Lipinski definition) is 0. The summed E-state index contributed by atoms with van der Waals surface area (Å²) in [6, 6.07) is 9.59. The Kier molecular flexibility index (Phi) is 33.0. The first-order chi connectivity index (χ1) is 42.5. The molecule has 0 spiro atoms. The van der Waals surface area contributed by atoms with E-state index in [-0.39, 0.29) is 0 Å². The fourth-order valence-corrected chi connectivity index (χ4v) is 11.8. The van der Waals surface area contributed by atoms with E-state index in [0.717, 1.165) is 0 Å². The molecule has 0 aromatic heterocycles. The highest BCUT2D eigenvalue weighted by molar-refractivity contribution is 7.20. The molecule has 0 aliphatic carbocycles. The number of unbranched alkanes of at least 4 members (excludes halogenated alkanes) is 30. The first-order valence-electron chi connectivity index (χ1n) is 31.6. The van der Waals surface area contributed by atoms with Crippen molar-refractivity contribution in [1.29, 1.82) is 0 Å². The second kappa shape index (κ2) is 38.5. The Labute approximate surface area is 510 Å². The minimum Gasteiger partial charge on any atom is -0.305 e. The number of halogens is 20. The van der Waals surface area contributed by atoms with Crippen LogP contribution in [0.1, 0.15) is 225 Å². The Bertz CT molecular complexity index is 2610. The van der Waals surface area contributed by atoms with Gasteiger partial charge in [-0.25, -0.2) is 87.8 Å². The van der Waals surface area contributed by atoms with Gasteiger partial charge in [-0.05, 0) is 43.4 Å². The summed E-state index contributed by atoms with van der Waals surface area (Å²) in [4.78, 5) is 1.59. The van der Waals surface area contributed by atoms with Crippen LogP contribution in [0, 0.1) is 116 Å². The zero-order chi connectivity index (χ0) is 66.0. The number of aryl methyl sites for hydroxylation is 1. The van der Waals surface area contributed by atoms with Gasteiger partial charge in [0.25, 0.3) is 0 Å². The zero-order valence-corrected chi connectivity index (χ0v) is 51.0. The maximum absolute atomic E-state index is 15.4. The molecule has 0 saturated heterocycles. The molecule has 0 fully saturated rings. The predicted molar refractivity (Wildman–Crippen MR) is 310 cm³/mol. The van der Waals surface area contributed by atoms with Crippen LogP contribution in [0.25, 0.3) is 0 Å².